The molecule has 5 nitrogen and oxygen atoms in total. The Kier molecular flexibility index (Phi) is 8.86. The molecule has 0 amide bonds. The highest BCUT2D eigenvalue weighted by Crippen LogP contribution is 2.43. The second-order valence-electron chi connectivity index (χ2n) is 16.8. The smallest absolute Gasteiger partial charge is 0.164 e. The van der Waals surface area contributed by atoms with Gasteiger partial charge in [-0.3, -0.25) is 0 Å². The largest absolute Gasteiger partial charge is 0.309 e. The second kappa shape index (κ2) is 15.4. The fourth-order valence-electron chi connectivity index (χ4n) is 9.90. The van der Waals surface area contributed by atoms with E-state index in [0.29, 0.717) is 17.5 Å². The van der Waals surface area contributed by atoms with Crippen molar-refractivity contribution in [2.24, 2.45) is 0 Å². The quantitative estimate of drug-likeness (QED) is 0.160. The van der Waals surface area contributed by atoms with Gasteiger partial charge < -0.3 is 9.13 Å². The number of hydrogen-bond acceptors (Lipinski definition) is 4. The van der Waals surface area contributed by atoms with Crippen molar-refractivity contribution in [1.29, 1.82) is 0 Å². The highest BCUT2D eigenvalue weighted by atomic mass is 32.1. The fourth-order valence-corrected chi connectivity index (χ4v) is 11.0. The lowest BCUT2D eigenvalue weighted by atomic mass is 9.98. The molecule has 0 spiro atoms. The van der Waals surface area contributed by atoms with Crippen LogP contribution in [0.2, 0.25) is 0 Å². The first-order valence-corrected chi connectivity index (χ1v) is 23.1. The maximum absolute atomic E-state index is 5.11. The lowest BCUT2D eigenvalue weighted by molar-refractivity contribution is 1.08. The number of fused-ring (bicyclic) bond motifs is 7. The van der Waals surface area contributed by atoms with Crippen LogP contribution in [0.1, 0.15) is 4.88 Å². The molecule has 0 bridgehead atoms. The molecule has 0 aliphatic carbocycles. The summed E-state index contributed by atoms with van der Waals surface area (Å²) >= 11 is 1.82. The number of nitrogens with zero attached hydrogens (tertiary/aromatic N) is 5. The first-order valence-electron chi connectivity index (χ1n) is 22.3. The first-order chi connectivity index (χ1) is 32.6. The molecule has 0 saturated heterocycles. The van der Waals surface area contributed by atoms with E-state index in [4.69, 9.17) is 15.0 Å². The van der Waals surface area contributed by atoms with Crippen molar-refractivity contribution < 1.29 is 0 Å². The first kappa shape index (κ1) is 38.0. The minimum Gasteiger partial charge on any atom is -0.309 e. The van der Waals surface area contributed by atoms with E-state index in [1.54, 1.807) is 0 Å². The van der Waals surface area contributed by atoms with E-state index in [9.17, 15) is 0 Å². The summed E-state index contributed by atoms with van der Waals surface area (Å²) in [5.41, 5.74) is 14.7. The molecule has 6 heteroatoms. The van der Waals surface area contributed by atoms with Gasteiger partial charge in [-0.25, -0.2) is 15.0 Å². The summed E-state index contributed by atoms with van der Waals surface area (Å²) in [6.07, 6.45) is 0. The topological polar surface area (TPSA) is 48.5 Å². The maximum atomic E-state index is 5.11. The number of hydrogen-bond donors (Lipinski definition) is 0. The lowest BCUT2D eigenvalue weighted by Gasteiger charge is -2.13. The molecule has 0 radical (unpaired) electrons. The standard InChI is InChI=1S/C60H39N5S/c1-38-36-52-50(60-62-58(40-16-5-2-6-17-40)61-59(63-60)41-18-7-3-8-19-41)34-33-46(57(52)66-38)42-30-35-55-51(37-42)48-23-12-13-26-53(48)64(55)44-31-28-39(29-32-44)45-24-15-25-49-47-22-11-14-27-54(47)65(56(45)49)43-20-9-4-10-21-43/h2-37H,1H3. The molecular formula is C60H39N5S. The monoisotopic (exact) mass is 861 g/mol. The van der Waals surface area contributed by atoms with E-state index in [0.717, 1.165) is 33.5 Å². The fraction of sp³-hybridized carbons (Fsp3) is 0.0167. The number of para-hydroxylation sites is 4. The molecule has 9 aromatic carbocycles. The van der Waals surface area contributed by atoms with Crippen LogP contribution in [0.4, 0.5) is 0 Å². The predicted octanol–water partition coefficient (Wildman–Crippen LogP) is 15.9. The van der Waals surface area contributed by atoms with Crippen LogP contribution in [-0.2, 0) is 0 Å². The summed E-state index contributed by atoms with van der Waals surface area (Å²) in [7, 11) is 0. The van der Waals surface area contributed by atoms with Crippen LogP contribution in [-0.4, -0.2) is 24.1 Å². The normalized spacial score (nSPS) is 11.7. The Morgan fingerprint density at radius 2 is 0.864 bits per heavy atom. The Morgan fingerprint density at radius 3 is 1.56 bits per heavy atom. The zero-order valence-corrected chi connectivity index (χ0v) is 36.7. The van der Waals surface area contributed by atoms with E-state index in [2.05, 4.69) is 198 Å². The summed E-state index contributed by atoms with van der Waals surface area (Å²) in [6.45, 7) is 2.18. The van der Waals surface area contributed by atoms with Crippen molar-refractivity contribution in [3.63, 3.8) is 0 Å². The highest BCUT2D eigenvalue weighted by molar-refractivity contribution is 7.19. The van der Waals surface area contributed by atoms with Crippen LogP contribution in [0.15, 0.2) is 218 Å². The third-order valence-electron chi connectivity index (χ3n) is 12.9. The minimum absolute atomic E-state index is 0.657. The molecule has 66 heavy (non-hydrogen) atoms. The van der Waals surface area contributed by atoms with Crippen molar-refractivity contribution in [3.05, 3.63) is 223 Å². The van der Waals surface area contributed by atoms with E-state index >= 15 is 0 Å². The lowest BCUT2D eigenvalue weighted by Crippen LogP contribution is -2.00. The second-order valence-corrected chi connectivity index (χ2v) is 18.1. The van der Waals surface area contributed by atoms with Crippen LogP contribution >= 0.6 is 11.3 Å². The van der Waals surface area contributed by atoms with E-state index in [1.807, 2.05) is 47.7 Å². The van der Waals surface area contributed by atoms with Gasteiger partial charge in [0, 0.05) is 70.1 Å². The Morgan fingerprint density at radius 1 is 0.333 bits per heavy atom. The molecule has 0 saturated carbocycles. The molecule has 0 N–H and O–H groups in total. The molecule has 310 valence electrons. The molecule has 4 aromatic heterocycles. The van der Waals surface area contributed by atoms with Crippen molar-refractivity contribution in [2.75, 3.05) is 0 Å². The number of benzene rings is 9. The molecule has 4 heterocycles. The van der Waals surface area contributed by atoms with Gasteiger partial charge in [-0.1, -0.05) is 158 Å². The Labute approximate surface area is 385 Å². The maximum Gasteiger partial charge on any atom is 0.164 e. The summed E-state index contributed by atoms with van der Waals surface area (Å²) in [5, 5.41) is 6.08. The number of rotatable bonds is 7. The highest BCUT2D eigenvalue weighted by Gasteiger charge is 2.21. The minimum atomic E-state index is 0.657. The van der Waals surface area contributed by atoms with Crippen LogP contribution in [0, 0.1) is 6.92 Å². The SMILES string of the molecule is Cc1cc2c(-c3nc(-c4ccccc4)nc(-c4ccccc4)n3)ccc(-c3ccc4c(c3)c3ccccc3n4-c3ccc(-c4cccc5c6ccccc6n(-c6ccccc6)c45)cc3)c2s1. The van der Waals surface area contributed by atoms with Crippen LogP contribution in [0.5, 0.6) is 0 Å². The van der Waals surface area contributed by atoms with Gasteiger partial charge in [0.2, 0.25) is 0 Å². The average molecular weight is 862 g/mol. The van der Waals surface area contributed by atoms with Crippen molar-refractivity contribution in [1.82, 2.24) is 24.1 Å². The van der Waals surface area contributed by atoms with Crippen molar-refractivity contribution >= 4 is 65.0 Å². The van der Waals surface area contributed by atoms with E-state index in [-0.39, 0.29) is 0 Å². The Bertz CT molecular complexity index is 3920. The summed E-state index contributed by atoms with van der Waals surface area (Å²) in [6, 6.07) is 78.0. The Balaban J connectivity index is 0.920. The molecule has 0 fully saturated rings. The molecule has 13 rings (SSSR count). The van der Waals surface area contributed by atoms with Crippen LogP contribution < -0.4 is 0 Å². The summed E-state index contributed by atoms with van der Waals surface area (Å²) in [4.78, 5) is 16.4. The average Bonchev–Trinajstić information content (AvgIpc) is 4.06. The molecule has 0 aliphatic rings. The van der Waals surface area contributed by atoms with Gasteiger partial charge >= 0.3 is 0 Å². The summed E-state index contributed by atoms with van der Waals surface area (Å²) in [5.74, 6) is 1.98. The van der Waals surface area contributed by atoms with Gasteiger partial charge in [0.15, 0.2) is 17.5 Å². The van der Waals surface area contributed by atoms with Gasteiger partial charge in [0.05, 0.1) is 22.1 Å². The summed E-state index contributed by atoms with van der Waals surface area (Å²) < 4.78 is 6.03. The molecule has 0 aliphatic heterocycles. The number of thiophene rings is 1. The van der Waals surface area contributed by atoms with Gasteiger partial charge in [-0.15, -0.1) is 11.3 Å². The zero-order chi connectivity index (χ0) is 43.7. The molecular weight excluding hydrogens is 823 g/mol. The number of aromatic nitrogens is 5. The van der Waals surface area contributed by atoms with E-state index < -0.39 is 0 Å². The van der Waals surface area contributed by atoms with Gasteiger partial charge in [-0.05, 0) is 84.3 Å². The van der Waals surface area contributed by atoms with Crippen LogP contribution in [0.3, 0.4) is 0 Å². The molecule has 13 aromatic rings. The third-order valence-corrected chi connectivity index (χ3v) is 14.0. The number of aryl methyl sites for hydroxylation is 1. The van der Waals surface area contributed by atoms with Crippen molar-refractivity contribution in [3.8, 4) is 67.8 Å². The molecule has 0 atom stereocenters. The third kappa shape index (κ3) is 6.18. The van der Waals surface area contributed by atoms with Gasteiger partial charge in [0.1, 0.15) is 0 Å². The van der Waals surface area contributed by atoms with Gasteiger partial charge in [-0.2, -0.15) is 0 Å². The van der Waals surface area contributed by atoms with Gasteiger partial charge in [0.25, 0.3) is 0 Å². The molecule has 0 unspecified atom stereocenters. The Hall–Kier alpha value is -8.45. The van der Waals surface area contributed by atoms with Crippen LogP contribution in [0.25, 0.3) is 121 Å². The predicted molar refractivity (Wildman–Crippen MR) is 276 cm³/mol. The van der Waals surface area contributed by atoms with Crippen molar-refractivity contribution in [2.45, 2.75) is 6.92 Å². The van der Waals surface area contributed by atoms with E-state index in [1.165, 1.54) is 75.4 Å². The zero-order valence-electron chi connectivity index (χ0n) is 35.9.